The molecule has 0 saturated heterocycles. The van der Waals surface area contributed by atoms with Gasteiger partial charge in [0.15, 0.2) is 5.01 Å². The summed E-state index contributed by atoms with van der Waals surface area (Å²) in [5.41, 5.74) is 6.85. The molecule has 0 aliphatic carbocycles. The molecular formula is C12H11F3N2S2. The molecule has 1 atom stereocenters. The largest absolute Gasteiger partial charge is 0.443 e. The SMILES string of the molecule is CSc1ccccc1C(N)c1cnc(C(F)(F)F)s1. The lowest BCUT2D eigenvalue weighted by Gasteiger charge is -2.13. The molecular weight excluding hydrogens is 293 g/mol. The van der Waals surface area contributed by atoms with Crippen molar-refractivity contribution in [1.29, 1.82) is 0 Å². The maximum absolute atomic E-state index is 12.5. The predicted octanol–water partition coefficient (Wildman–Crippen LogP) is 3.93. The van der Waals surface area contributed by atoms with Gasteiger partial charge in [-0.3, -0.25) is 0 Å². The summed E-state index contributed by atoms with van der Waals surface area (Å²) in [7, 11) is 0. The number of nitrogens with zero attached hydrogens (tertiary/aromatic N) is 1. The van der Waals surface area contributed by atoms with Gasteiger partial charge in [-0.05, 0) is 17.9 Å². The number of benzene rings is 1. The topological polar surface area (TPSA) is 38.9 Å². The second-order valence-electron chi connectivity index (χ2n) is 3.79. The van der Waals surface area contributed by atoms with Crippen molar-refractivity contribution in [3.05, 3.63) is 45.9 Å². The maximum Gasteiger partial charge on any atom is 0.443 e. The average Bonchev–Trinajstić information content (AvgIpc) is 2.87. The zero-order chi connectivity index (χ0) is 14.0. The van der Waals surface area contributed by atoms with E-state index in [1.54, 1.807) is 0 Å². The van der Waals surface area contributed by atoms with Crippen molar-refractivity contribution in [2.75, 3.05) is 6.26 Å². The quantitative estimate of drug-likeness (QED) is 0.873. The number of hydrogen-bond acceptors (Lipinski definition) is 4. The Labute approximate surface area is 116 Å². The van der Waals surface area contributed by atoms with Crippen molar-refractivity contribution in [2.24, 2.45) is 5.73 Å². The molecule has 1 aromatic heterocycles. The van der Waals surface area contributed by atoms with Crippen LogP contribution < -0.4 is 5.73 Å². The fourth-order valence-electron chi connectivity index (χ4n) is 1.64. The van der Waals surface area contributed by atoms with Crippen LogP contribution in [0, 0.1) is 0 Å². The van der Waals surface area contributed by atoms with Crippen molar-refractivity contribution in [1.82, 2.24) is 4.98 Å². The molecule has 19 heavy (non-hydrogen) atoms. The summed E-state index contributed by atoms with van der Waals surface area (Å²) in [5.74, 6) is 0. The van der Waals surface area contributed by atoms with Gasteiger partial charge in [-0.15, -0.1) is 23.1 Å². The number of thiazole rings is 1. The zero-order valence-electron chi connectivity index (χ0n) is 9.94. The molecule has 2 aromatic rings. The Hall–Kier alpha value is -1.05. The summed E-state index contributed by atoms with van der Waals surface area (Å²) < 4.78 is 37.5. The molecule has 102 valence electrons. The molecule has 0 spiro atoms. The Morgan fingerprint density at radius 1 is 1.32 bits per heavy atom. The van der Waals surface area contributed by atoms with Gasteiger partial charge in [0.05, 0.1) is 6.04 Å². The standard InChI is InChI=1S/C12H11F3N2S2/c1-18-8-5-3-2-4-7(8)10(16)9-6-17-11(19-9)12(13,14)15/h2-6,10H,16H2,1H3. The summed E-state index contributed by atoms with van der Waals surface area (Å²) in [6, 6.07) is 6.82. The van der Waals surface area contributed by atoms with Crippen molar-refractivity contribution in [2.45, 2.75) is 17.1 Å². The number of aromatic nitrogens is 1. The molecule has 0 saturated carbocycles. The van der Waals surface area contributed by atoms with Crippen molar-refractivity contribution >= 4 is 23.1 Å². The highest BCUT2D eigenvalue weighted by Gasteiger charge is 2.35. The minimum Gasteiger partial charge on any atom is -0.320 e. The molecule has 7 heteroatoms. The van der Waals surface area contributed by atoms with E-state index >= 15 is 0 Å². The van der Waals surface area contributed by atoms with Crippen molar-refractivity contribution in [3.8, 4) is 0 Å². The fourth-order valence-corrected chi connectivity index (χ4v) is 3.09. The van der Waals surface area contributed by atoms with Crippen LogP contribution in [-0.4, -0.2) is 11.2 Å². The molecule has 2 nitrogen and oxygen atoms in total. The van der Waals surface area contributed by atoms with Crippen molar-refractivity contribution in [3.63, 3.8) is 0 Å². The van der Waals surface area contributed by atoms with Crippen LogP contribution >= 0.6 is 23.1 Å². The number of hydrogen-bond donors (Lipinski definition) is 1. The summed E-state index contributed by atoms with van der Waals surface area (Å²) in [6.07, 6.45) is -1.31. The summed E-state index contributed by atoms with van der Waals surface area (Å²) in [5, 5.41) is -0.861. The molecule has 0 fully saturated rings. The van der Waals surface area contributed by atoms with Crippen LogP contribution in [0.25, 0.3) is 0 Å². The lowest BCUT2D eigenvalue weighted by atomic mass is 10.1. The van der Waals surface area contributed by atoms with Crippen LogP contribution in [0.1, 0.15) is 21.5 Å². The van der Waals surface area contributed by atoms with Gasteiger partial charge >= 0.3 is 6.18 Å². The Kier molecular flexibility index (Phi) is 4.17. The molecule has 0 amide bonds. The third-order valence-electron chi connectivity index (χ3n) is 2.55. The summed E-state index contributed by atoms with van der Waals surface area (Å²) in [6.45, 7) is 0. The minimum atomic E-state index is -4.42. The lowest BCUT2D eigenvalue weighted by Crippen LogP contribution is -2.11. The lowest BCUT2D eigenvalue weighted by molar-refractivity contribution is -0.137. The zero-order valence-corrected chi connectivity index (χ0v) is 11.6. The van der Waals surface area contributed by atoms with Crippen LogP contribution in [0.15, 0.2) is 35.4 Å². The van der Waals surface area contributed by atoms with E-state index in [-0.39, 0.29) is 0 Å². The third kappa shape index (κ3) is 3.10. The number of nitrogens with two attached hydrogens (primary N) is 1. The van der Waals surface area contributed by atoms with Gasteiger partial charge in [-0.25, -0.2) is 4.98 Å². The molecule has 2 N–H and O–H groups in total. The second-order valence-corrected chi connectivity index (χ2v) is 5.70. The predicted molar refractivity (Wildman–Crippen MR) is 71.4 cm³/mol. The van der Waals surface area contributed by atoms with E-state index in [1.165, 1.54) is 18.0 Å². The Morgan fingerprint density at radius 3 is 2.58 bits per heavy atom. The first-order valence-electron chi connectivity index (χ1n) is 5.35. The van der Waals surface area contributed by atoms with Gasteiger partial charge in [0.2, 0.25) is 0 Å². The van der Waals surface area contributed by atoms with Crippen LogP contribution in [0.3, 0.4) is 0 Å². The molecule has 0 aliphatic heterocycles. The summed E-state index contributed by atoms with van der Waals surface area (Å²) >= 11 is 2.10. The second kappa shape index (κ2) is 5.52. The first kappa shape index (κ1) is 14.4. The fraction of sp³-hybridized carbons (Fsp3) is 0.250. The van der Waals surface area contributed by atoms with E-state index in [0.29, 0.717) is 16.2 Å². The number of alkyl halides is 3. The molecule has 0 aliphatic rings. The van der Waals surface area contributed by atoms with E-state index < -0.39 is 17.2 Å². The minimum absolute atomic E-state index is 0.411. The van der Waals surface area contributed by atoms with E-state index in [0.717, 1.165) is 10.5 Å². The molecule has 1 aromatic carbocycles. The highest BCUT2D eigenvalue weighted by Crippen LogP contribution is 2.36. The summed E-state index contributed by atoms with van der Waals surface area (Å²) in [4.78, 5) is 4.76. The monoisotopic (exact) mass is 304 g/mol. The van der Waals surface area contributed by atoms with E-state index in [1.807, 2.05) is 30.5 Å². The van der Waals surface area contributed by atoms with Crippen LogP contribution in [0.5, 0.6) is 0 Å². The van der Waals surface area contributed by atoms with Crippen molar-refractivity contribution < 1.29 is 13.2 Å². The van der Waals surface area contributed by atoms with Gasteiger partial charge < -0.3 is 5.73 Å². The number of thioether (sulfide) groups is 1. The van der Waals surface area contributed by atoms with Gasteiger partial charge in [0, 0.05) is 16.0 Å². The molecule has 0 radical (unpaired) electrons. The first-order chi connectivity index (χ1) is 8.93. The highest BCUT2D eigenvalue weighted by molar-refractivity contribution is 7.98. The van der Waals surface area contributed by atoms with E-state index in [4.69, 9.17) is 5.73 Å². The molecule has 1 heterocycles. The van der Waals surface area contributed by atoms with E-state index in [2.05, 4.69) is 4.98 Å². The molecule has 1 unspecified atom stereocenters. The first-order valence-corrected chi connectivity index (χ1v) is 7.39. The van der Waals surface area contributed by atoms with Gasteiger partial charge in [0.25, 0.3) is 0 Å². The van der Waals surface area contributed by atoms with Crippen LogP contribution in [0.4, 0.5) is 13.2 Å². The highest BCUT2D eigenvalue weighted by atomic mass is 32.2. The smallest absolute Gasteiger partial charge is 0.320 e. The van der Waals surface area contributed by atoms with Crippen LogP contribution in [-0.2, 0) is 6.18 Å². The van der Waals surface area contributed by atoms with E-state index in [9.17, 15) is 13.2 Å². The van der Waals surface area contributed by atoms with Gasteiger partial charge in [0.1, 0.15) is 0 Å². The van der Waals surface area contributed by atoms with Gasteiger partial charge in [-0.1, -0.05) is 18.2 Å². The average molecular weight is 304 g/mol. The molecule has 0 bridgehead atoms. The Balaban J connectivity index is 2.34. The molecule has 2 rings (SSSR count). The van der Waals surface area contributed by atoms with Gasteiger partial charge in [-0.2, -0.15) is 13.2 Å². The maximum atomic E-state index is 12.5. The Morgan fingerprint density at radius 2 is 2.00 bits per heavy atom. The Bertz CT molecular complexity index is 566. The number of halogens is 3. The third-order valence-corrected chi connectivity index (χ3v) is 4.48. The number of rotatable bonds is 3. The van der Waals surface area contributed by atoms with Crippen LogP contribution in [0.2, 0.25) is 0 Å². The normalized spacial score (nSPS) is 13.5.